The number of aryl methyl sites for hydroxylation is 1. The van der Waals surface area contributed by atoms with Gasteiger partial charge in [-0.3, -0.25) is 4.90 Å². The highest BCUT2D eigenvalue weighted by Gasteiger charge is 2.39. The number of nitrogens with zero attached hydrogens (tertiary/aromatic N) is 1. The van der Waals surface area contributed by atoms with Crippen molar-refractivity contribution in [3.8, 4) is 0 Å². The van der Waals surface area contributed by atoms with Gasteiger partial charge in [-0.2, -0.15) is 0 Å². The van der Waals surface area contributed by atoms with Crippen molar-refractivity contribution in [1.29, 1.82) is 0 Å². The van der Waals surface area contributed by atoms with Crippen molar-refractivity contribution in [3.63, 3.8) is 0 Å². The molecule has 1 heterocycles. The molecule has 3 heteroatoms. The Balaban J connectivity index is 2.30. The maximum absolute atomic E-state index is 5.52. The van der Waals surface area contributed by atoms with E-state index in [9.17, 15) is 0 Å². The molecule has 0 spiro atoms. The summed E-state index contributed by atoms with van der Waals surface area (Å²) in [5, 5.41) is 3.55. The Bertz CT molecular complexity index is 429. The number of likely N-dealkylation sites (N-methyl/N-ethyl adjacent to an activating group) is 1. The smallest absolute Gasteiger partial charge is 0.0594 e. The lowest BCUT2D eigenvalue weighted by atomic mass is 9.82. The molecular weight excluding hydrogens is 248 g/mol. The van der Waals surface area contributed by atoms with Crippen LogP contribution < -0.4 is 5.32 Å². The van der Waals surface area contributed by atoms with E-state index < -0.39 is 0 Å². The van der Waals surface area contributed by atoms with E-state index in [-0.39, 0.29) is 5.54 Å². The summed E-state index contributed by atoms with van der Waals surface area (Å²) in [6.07, 6.45) is 1.12. The van der Waals surface area contributed by atoms with Crippen LogP contribution in [-0.2, 0) is 4.74 Å². The maximum atomic E-state index is 5.52. The van der Waals surface area contributed by atoms with E-state index in [1.165, 1.54) is 11.1 Å². The van der Waals surface area contributed by atoms with Gasteiger partial charge < -0.3 is 10.1 Å². The molecule has 1 aliphatic rings. The van der Waals surface area contributed by atoms with Gasteiger partial charge in [-0.05, 0) is 32.9 Å². The zero-order valence-electron chi connectivity index (χ0n) is 13.3. The Morgan fingerprint density at radius 1 is 1.35 bits per heavy atom. The molecule has 1 fully saturated rings. The summed E-state index contributed by atoms with van der Waals surface area (Å²) in [5.74, 6) is 0. The molecule has 0 saturated carbocycles. The number of benzene rings is 1. The lowest BCUT2D eigenvalue weighted by Crippen LogP contribution is -2.57. The van der Waals surface area contributed by atoms with Gasteiger partial charge in [0, 0.05) is 18.6 Å². The molecule has 2 rings (SSSR count). The second kappa shape index (κ2) is 6.70. The Hall–Kier alpha value is -0.900. The molecule has 0 amide bonds. The molecule has 0 radical (unpaired) electrons. The van der Waals surface area contributed by atoms with Gasteiger partial charge in [0.15, 0.2) is 0 Å². The average Bonchev–Trinajstić information content (AvgIpc) is 2.48. The van der Waals surface area contributed by atoms with E-state index in [2.05, 4.69) is 62.3 Å². The second-order valence-electron chi connectivity index (χ2n) is 5.95. The van der Waals surface area contributed by atoms with Crippen LogP contribution in [0, 0.1) is 6.92 Å². The van der Waals surface area contributed by atoms with Gasteiger partial charge in [-0.1, -0.05) is 36.8 Å². The Kier molecular flexibility index (Phi) is 5.19. The summed E-state index contributed by atoms with van der Waals surface area (Å²) < 4.78 is 5.52. The quantitative estimate of drug-likeness (QED) is 0.895. The molecule has 0 aromatic heterocycles. The molecular formula is C17H28N2O. The van der Waals surface area contributed by atoms with Crippen molar-refractivity contribution in [3.05, 3.63) is 35.4 Å². The van der Waals surface area contributed by atoms with Crippen molar-refractivity contribution in [2.45, 2.75) is 38.8 Å². The van der Waals surface area contributed by atoms with Crippen molar-refractivity contribution in [2.75, 3.05) is 33.4 Å². The minimum Gasteiger partial charge on any atom is -0.379 e. The second-order valence-corrected chi connectivity index (χ2v) is 5.95. The largest absolute Gasteiger partial charge is 0.379 e. The SMILES string of the molecule is CCC(C)(C(NC)c1cccc(C)c1)N1CCOCC1. The maximum Gasteiger partial charge on any atom is 0.0594 e. The Labute approximate surface area is 123 Å². The molecule has 1 aromatic rings. The highest BCUT2D eigenvalue weighted by Crippen LogP contribution is 2.34. The number of hydrogen-bond donors (Lipinski definition) is 1. The zero-order chi connectivity index (χ0) is 14.6. The lowest BCUT2D eigenvalue weighted by molar-refractivity contribution is -0.0319. The van der Waals surface area contributed by atoms with Gasteiger partial charge in [0.1, 0.15) is 0 Å². The monoisotopic (exact) mass is 276 g/mol. The molecule has 1 aliphatic heterocycles. The standard InChI is InChI=1S/C17H28N2O/c1-5-17(3,19-9-11-20-12-10-19)16(18-4)15-8-6-7-14(2)13-15/h6-8,13,16,18H,5,9-12H2,1-4H3. The van der Waals surface area contributed by atoms with Crippen molar-refractivity contribution in [2.24, 2.45) is 0 Å². The summed E-state index contributed by atoms with van der Waals surface area (Å²) in [6, 6.07) is 9.20. The first-order valence-corrected chi connectivity index (χ1v) is 7.68. The minimum absolute atomic E-state index is 0.117. The highest BCUT2D eigenvalue weighted by molar-refractivity contribution is 5.28. The van der Waals surface area contributed by atoms with Crippen LogP contribution in [-0.4, -0.2) is 43.8 Å². The predicted molar refractivity (Wildman–Crippen MR) is 84.1 cm³/mol. The molecule has 0 aliphatic carbocycles. The number of nitrogens with one attached hydrogen (secondary N) is 1. The van der Waals surface area contributed by atoms with E-state index in [4.69, 9.17) is 4.74 Å². The molecule has 3 nitrogen and oxygen atoms in total. The van der Waals surface area contributed by atoms with E-state index in [1.54, 1.807) is 0 Å². The summed E-state index contributed by atoms with van der Waals surface area (Å²) in [4.78, 5) is 2.58. The molecule has 2 atom stereocenters. The van der Waals surface area contributed by atoms with Gasteiger partial charge in [0.2, 0.25) is 0 Å². The molecule has 0 bridgehead atoms. The van der Waals surface area contributed by atoms with Gasteiger partial charge in [0.25, 0.3) is 0 Å². The molecule has 112 valence electrons. The number of morpholine rings is 1. The first-order chi connectivity index (χ1) is 9.61. The third kappa shape index (κ3) is 3.05. The first-order valence-electron chi connectivity index (χ1n) is 7.68. The normalized spacial score (nSPS) is 21.4. The van der Waals surface area contributed by atoms with E-state index in [0.29, 0.717) is 6.04 Å². The Morgan fingerprint density at radius 2 is 2.05 bits per heavy atom. The fraction of sp³-hybridized carbons (Fsp3) is 0.647. The van der Waals surface area contributed by atoms with Gasteiger partial charge in [-0.15, -0.1) is 0 Å². The number of hydrogen-bond acceptors (Lipinski definition) is 3. The summed E-state index contributed by atoms with van der Waals surface area (Å²) in [7, 11) is 2.07. The third-order valence-electron chi connectivity index (χ3n) is 4.74. The molecule has 2 unspecified atom stereocenters. The molecule has 20 heavy (non-hydrogen) atoms. The number of rotatable bonds is 5. The zero-order valence-corrected chi connectivity index (χ0v) is 13.3. The van der Waals surface area contributed by atoms with Crippen LogP contribution in [0.5, 0.6) is 0 Å². The molecule has 1 saturated heterocycles. The van der Waals surface area contributed by atoms with Crippen molar-refractivity contribution >= 4 is 0 Å². The van der Waals surface area contributed by atoms with E-state index >= 15 is 0 Å². The van der Waals surface area contributed by atoms with Crippen LogP contribution in [0.3, 0.4) is 0 Å². The average molecular weight is 276 g/mol. The van der Waals surface area contributed by atoms with E-state index in [1.807, 2.05) is 0 Å². The number of ether oxygens (including phenoxy) is 1. The fourth-order valence-electron chi connectivity index (χ4n) is 3.37. The topological polar surface area (TPSA) is 24.5 Å². The van der Waals surface area contributed by atoms with Crippen LogP contribution in [0.1, 0.15) is 37.4 Å². The Morgan fingerprint density at radius 3 is 2.60 bits per heavy atom. The third-order valence-corrected chi connectivity index (χ3v) is 4.74. The van der Waals surface area contributed by atoms with Gasteiger partial charge >= 0.3 is 0 Å². The lowest BCUT2D eigenvalue weighted by Gasteiger charge is -2.48. The van der Waals surface area contributed by atoms with Gasteiger partial charge in [0.05, 0.1) is 19.3 Å². The van der Waals surface area contributed by atoms with Crippen LogP contribution in [0.2, 0.25) is 0 Å². The van der Waals surface area contributed by atoms with Crippen molar-refractivity contribution < 1.29 is 4.74 Å². The fourth-order valence-corrected chi connectivity index (χ4v) is 3.37. The summed E-state index contributed by atoms with van der Waals surface area (Å²) >= 11 is 0. The van der Waals surface area contributed by atoms with E-state index in [0.717, 1.165) is 32.7 Å². The van der Waals surface area contributed by atoms with Gasteiger partial charge in [-0.25, -0.2) is 0 Å². The summed E-state index contributed by atoms with van der Waals surface area (Å²) in [5.41, 5.74) is 2.82. The highest BCUT2D eigenvalue weighted by atomic mass is 16.5. The summed E-state index contributed by atoms with van der Waals surface area (Å²) in [6.45, 7) is 10.6. The van der Waals surface area contributed by atoms with Crippen LogP contribution in [0.15, 0.2) is 24.3 Å². The molecule has 1 aromatic carbocycles. The first kappa shape index (κ1) is 15.5. The van der Waals surface area contributed by atoms with Crippen molar-refractivity contribution in [1.82, 2.24) is 10.2 Å². The predicted octanol–water partition coefficient (Wildman–Crippen LogP) is 2.76. The van der Waals surface area contributed by atoms with Crippen LogP contribution in [0.25, 0.3) is 0 Å². The van der Waals surface area contributed by atoms with Crippen LogP contribution in [0.4, 0.5) is 0 Å². The molecule has 1 N–H and O–H groups in total. The minimum atomic E-state index is 0.117. The van der Waals surface area contributed by atoms with Crippen LogP contribution >= 0.6 is 0 Å².